The standard InChI is InChI=1S/C15H11Br3N2O3/c1-23-12-6-11(17)13(18)10(14(12)21)7-19-20-15(22)8-2-4-9(16)5-3-8/h2-7,21H,1H3,(H,20,22)/b19-7-. The Labute approximate surface area is 158 Å². The van der Waals surface area contributed by atoms with Crippen LogP contribution in [0.3, 0.4) is 0 Å². The zero-order valence-electron chi connectivity index (χ0n) is 11.8. The minimum atomic E-state index is -0.355. The fourth-order valence-electron chi connectivity index (χ4n) is 1.71. The van der Waals surface area contributed by atoms with Crippen molar-refractivity contribution in [1.29, 1.82) is 0 Å². The summed E-state index contributed by atoms with van der Waals surface area (Å²) in [5, 5.41) is 14.0. The molecule has 23 heavy (non-hydrogen) atoms. The van der Waals surface area contributed by atoms with E-state index in [0.29, 0.717) is 25.8 Å². The van der Waals surface area contributed by atoms with E-state index in [1.807, 2.05) is 0 Å². The molecule has 2 aromatic carbocycles. The molecule has 5 nitrogen and oxygen atoms in total. The lowest BCUT2D eigenvalue weighted by atomic mass is 10.2. The topological polar surface area (TPSA) is 70.9 Å². The molecule has 2 N–H and O–H groups in total. The number of carbonyl (C=O) groups excluding carboxylic acids is 1. The summed E-state index contributed by atoms with van der Waals surface area (Å²) in [5.74, 6) is -0.142. The van der Waals surface area contributed by atoms with Gasteiger partial charge in [-0.2, -0.15) is 5.10 Å². The number of aromatic hydroxyl groups is 1. The van der Waals surface area contributed by atoms with Crippen molar-refractivity contribution in [3.05, 3.63) is 54.9 Å². The Kier molecular flexibility index (Phi) is 6.20. The van der Waals surface area contributed by atoms with Crippen LogP contribution in [0.5, 0.6) is 11.5 Å². The van der Waals surface area contributed by atoms with E-state index in [2.05, 4.69) is 58.3 Å². The van der Waals surface area contributed by atoms with Crippen molar-refractivity contribution in [3.63, 3.8) is 0 Å². The van der Waals surface area contributed by atoms with Crippen LogP contribution in [0.25, 0.3) is 0 Å². The molecule has 0 aliphatic rings. The van der Waals surface area contributed by atoms with Gasteiger partial charge in [-0.3, -0.25) is 4.79 Å². The molecule has 0 saturated carbocycles. The van der Waals surface area contributed by atoms with E-state index in [9.17, 15) is 9.90 Å². The molecule has 0 fully saturated rings. The molecule has 0 atom stereocenters. The van der Waals surface area contributed by atoms with Crippen LogP contribution in [0.2, 0.25) is 0 Å². The third kappa shape index (κ3) is 4.33. The summed E-state index contributed by atoms with van der Waals surface area (Å²) in [5.41, 5.74) is 3.26. The van der Waals surface area contributed by atoms with Gasteiger partial charge in [-0.15, -0.1) is 0 Å². The summed E-state index contributed by atoms with van der Waals surface area (Å²) in [7, 11) is 1.45. The molecule has 0 saturated heterocycles. The quantitative estimate of drug-likeness (QED) is 0.475. The zero-order valence-corrected chi connectivity index (χ0v) is 16.6. The second-order valence-electron chi connectivity index (χ2n) is 4.34. The number of carbonyl (C=O) groups is 1. The minimum Gasteiger partial charge on any atom is -0.504 e. The number of benzene rings is 2. The minimum absolute atomic E-state index is 0.0794. The molecular weight excluding hydrogens is 496 g/mol. The average Bonchev–Trinajstić information content (AvgIpc) is 2.54. The molecule has 1 amide bonds. The maximum Gasteiger partial charge on any atom is 0.271 e. The molecule has 0 heterocycles. The van der Waals surface area contributed by atoms with Gasteiger partial charge in [0, 0.05) is 19.0 Å². The van der Waals surface area contributed by atoms with Crippen LogP contribution in [0, 0.1) is 0 Å². The Hall–Kier alpha value is -1.38. The maximum atomic E-state index is 12.0. The Morgan fingerprint density at radius 1 is 1.26 bits per heavy atom. The highest BCUT2D eigenvalue weighted by Gasteiger charge is 2.14. The zero-order chi connectivity index (χ0) is 17.0. The van der Waals surface area contributed by atoms with Gasteiger partial charge in [-0.1, -0.05) is 15.9 Å². The number of methoxy groups -OCH3 is 1. The number of nitrogens with one attached hydrogen (secondary N) is 1. The van der Waals surface area contributed by atoms with Crippen LogP contribution in [0.4, 0.5) is 0 Å². The van der Waals surface area contributed by atoms with Crippen molar-refractivity contribution in [2.24, 2.45) is 5.10 Å². The van der Waals surface area contributed by atoms with Crippen molar-refractivity contribution in [2.45, 2.75) is 0 Å². The molecule has 0 radical (unpaired) electrons. The number of hydrogen-bond donors (Lipinski definition) is 2. The SMILES string of the molecule is COc1cc(Br)c(Br)c(/C=N\NC(=O)c2ccc(Br)cc2)c1O. The first-order chi connectivity index (χ1) is 10.9. The Balaban J connectivity index is 2.19. The predicted octanol–water partition coefficient (Wildman–Crippen LogP) is 4.45. The van der Waals surface area contributed by atoms with Gasteiger partial charge < -0.3 is 9.84 Å². The normalized spacial score (nSPS) is 10.8. The van der Waals surface area contributed by atoms with Gasteiger partial charge in [0.2, 0.25) is 0 Å². The summed E-state index contributed by atoms with van der Waals surface area (Å²) in [6, 6.07) is 8.49. The second-order valence-corrected chi connectivity index (χ2v) is 6.91. The monoisotopic (exact) mass is 504 g/mol. The number of nitrogens with zero attached hydrogens (tertiary/aromatic N) is 1. The van der Waals surface area contributed by atoms with Crippen LogP contribution < -0.4 is 10.2 Å². The van der Waals surface area contributed by atoms with E-state index in [1.165, 1.54) is 13.3 Å². The molecular formula is C15H11Br3N2O3. The number of halogens is 3. The first-order valence-corrected chi connectivity index (χ1v) is 8.66. The first kappa shape index (κ1) is 18.0. The molecule has 0 bridgehead atoms. The molecule has 120 valence electrons. The van der Waals surface area contributed by atoms with Crippen LogP contribution in [-0.4, -0.2) is 24.3 Å². The van der Waals surface area contributed by atoms with Crippen LogP contribution in [0.1, 0.15) is 15.9 Å². The number of rotatable bonds is 4. The van der Waals surface area contributed by atoms with Gasteiger partial charge in [0.15, 0.2) is 11.5 Å². The smallest absolute Gasteiger partial charge is 0.271 e. The van der Waals surface area contributed by atoms with E-state index in [1.54, 1.807) is 30.3 Å². The number of hydrogen-bond acceptors (Lipinski definition) is 4. The van der Waals surface area contributed by atoms with E-state index >= 15 is 0 Å². The number of amides is 1. The fourth-order valence-corrected chi connectivity index (χ4v) is 2.80. The van der Waals surface area contributed by atoms with Gasteiger partial charge in [-0.25, -0.2) is 5.43 Å². The molecule has 0 aliphatic heterocycles. The molecule has 8 heteroatoms. The average molecular weight is 507 g/mol. The first-order valence-electron chi connectivity index (χ1n) is 6.28. The number of phenols is 1. The van der Waals surface area contributed by atoms with Crippen molar-refractivity contribution in [3.8, 4) is 11.5 Å². The molecule has 0 spiro atoms. The summed E-state index contributed by atoms with van der Waals surface area (Å²) in [6.45, 7) is 0. The lowest BCUT2D eigenvalue weighted by Crippen LogP contribution is -2.17. The maximum absolute atomic E-state index is 12.0. The van der Waals surface area contributed by atoms with Gasteiger partial charge in [0.05, 0.1) is 18.9 Å². The lowest BCUT2D eigenvalue weighted by molar-refractivity contribution is 0.0955. The van der Waals surface area contributed by atoms with Gasteiger partial charge in [-0.05, 0) is 62.2 Å². The van der Waals surface area contributed by atoms with Crippen LogP contribution in [0.15, 0.2) is 48.9 Å². The van der Waals surface area contributed by atoms with Crippen molar-refractivity contribution in [1.82, 2.24) is 5.43 Å². The van der Waals surface area contributed by atoms with Crippen molar-refractivity contribution in [2.75, 3.05) is 7.11 Å². The Morgan fingerprint density at radius 2 is 1.91 bits per heavy atom. The summed E-state index contributed by atoms with van der Waals surface area (Å²) < 4.78 is 7.24. The van der Waals surface area contributed by atoms with Crippen LogP contribution >= 0.6 is 47.8 Å². The highest BCUT2D eigenvalue weighted by molar-refractivity contribution is 9.13. The Morgan fingerprint density at radius 3 is 2.52 bits per heavy atom. The highest BCUT2D eigenvalue weighted by atomic mass is 79.9. The lowest BCUT2D eigenvalue weighted by Gasteiger charge is -2.09. The third-order valence-electron chi connectivity index (χ3n) is 2.88. The molecule has 0 unspecified atom stereocenters. The number of ether oxygens (including phenoxy) is 1. The fraction of sp³-hybridized carbons (Fsp3) is 0.0667. The van der Waals surface area contributed by atoms with Crippen molar-refractivity contribution < 1.29 is 14.6 Å². The van der Waals surface area contributed by atoms with Crippen molar-refractivity contribution >= 4 is 59.9 Å². The van der Waals surface area contributed by atoms with Gasteiger partial charge in [0.1, 0.15) is 0 Å². The number of hydrazone groups is 1. The van der Waals surface area contributed by atoms with E-state index in [0.717, 1.165) is 4.47 Å². The molecule has 0 aromatic heterocycles. The van der Waals surface area contributed by atoms with E-state index in [-0.39, 0.29) is 11.7 Å². The van der Waals surface area contributed by atoms with Gasteiger partial charge in [0.25, 0.3) is 5.91 Å². The number of phenolic OH excluding ortho intramolecular Hbond substituents is 1. The highest BCUT2D eigenvalue weighted by Crippen LogP contribution is 2.39. The molecule has 2 aromatic rings. The third-order valence-corrected chi connectivity index (χ3v) is 5.42. The molecule has 2 rings (SSSR count). The largest absolute Gasteiger partial charge is 0.504 e. The summed E-state index contributed by atoms with van der Waals surface area (Å²) in [4.78, 5) is 12.0. The predicted molar refractivity (Wildman–Crippen MR) is 99.3 cm³/mol. The van der Waals surface area contributed by atoms with E-state index < -0.39 is 0 Å². The molecule has 0 aliphatic carbocycles. The Bertz CT molecular complexity index is 762. The summed E-state index contributed by atoms with van der Waals surface area (Å²) in [6.07, 6.45) is 1.34. The van der Waals surface area contributed by atoms with Crippen LogP contribution in [-0.2, 0) is 0 Å². The van der Waals surface area contributed by atoms with E-state index in [4.69, 9.17) is 4.74 Å². The summed E-state index contributed by atoms with van der Waals surface area (Å²) >= 11 is 9.99. The van der Waals surface area contributed by atoms with Gasteiger partial charge >= 0.3 is 0 Å². The second kappa shape index (κ2) is 7.94.